The highest BCUT2D eigenvalue weighted by Crippen LogP contribution is 2.18. The Hall–Kier alpha value is -1.35. The van der Waals surface area contributed by atoms with E-state index in [2.05, 4.69) is 38.1 Å². The van der Waals surface area contributed by atoms with E-state index < -0.39 is 0 Å². The first-order chi connectivity index (χ1) is 9.60. The zero-order valence-corrected chi connectivity index (χ0v) is 12.6. The second-order valence-electron chi connectivity index (χ2n) is 6.21. The van der Waals surface area contributed by atoms with Crippen molar-refractivity contribution < 1.29 is 4.79 Å². The van der Waals surface area contributed by atoms with Crippen molar-refractivity contribution in [1.82, 2.24) is 4.90 Å². The second kappa shape index (κ2) is 6.89. The molecular formula is C17H26N2O. The Morgan fingerprint density at radius 2 is 1.95 bits per heavy atom. The third kappa shape index (κ3) is 3.83. The zero-order valence-electron chi connectivity index (χ0n) is 12.6. The van der Waals surface area contributed by atoms with E-state index in [1.54, 1.807) is 0 Å². The number of rotatable bonds is 5. The van der Waals surface area contributed by atoms with Crippen LogP contribution in [0.15, 0.2) is 24.3 Å². The lowest BCUT2D eigenvalue weighted by Crippen LogP contribution is -2.40. The summed E-state index contributed by atoms with van der Waals surface area (Å²) in [6.07, 6.45) is 3.73. The van der Waals surface area contributed by atoms with Gasteiger partial charge >= 0.3 is 0 Å². The molecule has 1 aromatic carbocycles. The molecule has 1 unspecified atom stereocenters. The average molecular weight is 274 g/mol. The van der Waals surface area contributed by atoms with Gasteiger partial charge in [0.25, 0.3) is 0 Å². The molecule has 1 atom stereocenters. The maximum atomic E-state index is 12.3. The number of hydrogen-bond donors (Lipinski definition) is 1. The molecule has 20 heavy (non-hydrogen) atoms. The topological polar surface area (TPSA) is 46.3 Å². The van der Waals surface area contributed by atoms with Gasteiger partial charge in [-0.3, -0.25) is 4.79 Å². The van der Waals surface area contributed by atoms with Gasteiger partial charge in [-0.05, 0) is 36.3 Å². The van der Waals surface area contributed by atoms with Crippen LogP contribution in [-0.4, -0.2) is 29.9 Å². The second-order valence-corrected chi connectivity index (χ2v) is 6.21. The summed E-state index contributed by atoms with van der Waals surface area (Å²) >= 11 is 0. The van der Waals surface area contributed by atoms with Gasteiger partial charge in [-0.2, -0.15) is 0 Å². The van der Waals surface area contributed by atoms with E-state index in [1.165, 1.54) is 5.56 Å². The highest BCUT2D eigenvalue weighted by atomic mass is 16.2. The summed E-state index contributed by atoms with van der Waals surface area (Å²) in [5.41, 5.74) is 8.17. The van der Waals surface area contributed by atoms with Gasteiger partial charge in [0.15, 0.2) is 0 Å². The third-order valence-corrected chi connectivity index (χ3v) is 3.99. The van der Waals surface area contributed by atoms with E-state index in [4.69, 9.17) is 5.73 Å². The van der Waals surface area contributed by atoms with Crippen molar-refractivity contribution >= 4 is 5.91 Å². The average Bonchev–Trinajstić information content (AvgIpc) is 2.89. The minimum Gasteiger partial charge on any atom is -0.338 e. The first-order valence-electron chi connectivity index (χ1n) is 7.67. The van der Waals surface area contributed by atoms with E-state index in [0.29, 0.717) is 18.9 Å². The molecule has 0 radical (unpaired) electrons. The van der Waals surface area contributed by atoms with Gasteiger partial charge in [-0.25, -0.2) is 0 Å². The predicted octanol–water partition coefficient (Wildman–Crippen LogP) is 2.38. The quantitative estimate of drug-likeness (QED) is 0.896. The van der Waals surface area contributed by atoms with Crippen molar-refractivity contribution in [3.05, 3.63) is 35.4 Å². The number of carbonyl (C=O) groups excluding carboxylic acids is 1. The SMILES string of the molecule is CC(C)Cc1ccc(CC(=O)N2CCCC2CN)cc1. The monoisotopic (exact) mass is 274 g/mol. The summed E-state index contributed by atoms with van der Waals surface area (Å²) in [4.78, 5) is 14.3. The first-order valence-corrected chi connectivity index (χ1v) is 7.67. The number of carbonyl (C=O) groups is 1. The van der Waals surface area contributed by atoms with Gasteiger partial charge in [0, 0.05) is 19.1 Å². The molecule has 3 heteroatoms. The Morgan fingerprint density at radius 1 is 1.30 bits per heavy atom. The van der Waals surface area contributed by atoms with Crippen LogP contribution < -0.4 is 5.73 Å². The Bertz CT molecular complexity index is 439. The molecule has 3 nitrogen and oxygen atoms in total. The summed E-state index contributed by atoms with van der Waals surface area (Å²) in [6, 6.07) is 8.72. The first kappa shape index (κ1) is 15.0. The molecule has 1 saturated heterocycles. The van der Waals surface area contributed by atoms with Crippen molar-refractivity contribution in [2.75, 3.05) is 13.1 Å². The number of nitrogens with zero attached hydrogens (tertiary/aromatic N) is 1. The van der Waals surface area contributed by atoms with Crippen molar-refractivity contribution in [2.24, 2.45) is 11.7 Å². The lowest BCUT2D eigenvalue weighted by atomic mass is 10.0. The Balaban J connectivity index is 1.94. The Labute approximate surface area is 122 Å². The molecule has 1 fully saturated rings. The molecule has 0 spiro atoms. The highest BCUT2D eigenvalue weighted by Gasteiger charge is 2.27. The van der Waals surface area contributed by atoms with Crippen molar-refractivity contribution in [2.45, 2.75) is 45.6 Å². The smallest absolute Gasteiger partial charge is 0.227 e. The molecule has 1 heterocycles. The molecule has 1 aliphatic rings. The lowest BCUT2D eigenvalue weighted by Gasteiger charge is -2.23. The zero-order chi connectivity index (χ0) is 14.5. The van der Waals surface area contributed by atoms with E-state index in [0.717, 1.165) is 31.4 Å². The fourth-order valence-electron chi connectivity index (χ4n) is 2.95. The van der Waals surface area contributed by atoms with E-state index >= 15 is 0 Å². The minimum atomic E-state index is 0.217. The van der Waals surface area contributed by atoms with Crippen molar-refractivity contribution in [1.29, 1.82) is 0 Å². The highest BCUT2D eigenvalue weighted by molar-refractivity contribution is 5.79. The molecule has 0 aliphatic carbocycles. The molecule has 2 rings (SSSR count). The van der Waals surface area contributed by atoms with Crippen molar-refractivity contribution in [3.8, 4) is 0 Å². The van der Waals surface area contributed by atoms with E-state index in [1.807, 2.05) is 4.90 Å². The summed E-state index contributed by atoms with van der Waals surface area (Å²) < 4.78 is 0. The van der Waals surface area contributed by atoms with Crippen LogP contribution in [0.3, 0.4) is 0 Å². The molecule has 0 aromatic heterocycles. The van der Waals surface area contributed by atoms with Crippen LogP contribution in [0.25, 0.3) is 0 Å². The van der Waals surface area contributed by atoms with Crippen LogP contribution in [0.2, 0.25) is 0 Å². The summed E-state index contributed by atoms with van der Waals surface area (Å²) in [5, 5.41) is 0. The van der Waals surface area contributed by atoms with Crippen LogP contribution in [0.1, 0.15) is 37.8 Å². The molecule has 1 aromatic rings. The summed E-state index contributed by atoms with van der Waals surface area (Å²) in [6.45, 7) is 5.89. The normalized spacial score (nSPS) is 18.8. The molecule has 110 valence electrons. The fourth-order valence-corrected chi connectivity index (χ4v) is 2.95. The minimum absolute atomic E-state index is 0.217. The number of amides is 1. The standard InChI is InChI=1S/C17H26N2O/c1-13(2)10-14-5-7-15(8-6-14)11-17(20)19-9-3-4-16(19)12-18/h5-8,13,16H,3-4,9-12,18H2,1-2H3. The Morgan fingerprint density at radius 3 is 2.55 bits per heavy atom. The van der Waals surface area contributed by atoms with Crippen LogP contribution >= 0.6 is 0 Å². The largest absolute Gasteiger partial charge is 0.338 e. The van der Waals surface area contributed by atoms with Crippen molar-refractivity contribution in [3.63, 3.8) is 0 Å². The van der Waals surface area contributed by atoms with Crippen LogP contribution in [0.5, 0.6) is 0 Å². The van der Waals surface area contributed by atoms with Gasteiger partial charge in [-0.15, -0.1) is 0 Å². The number of hydrogen-bond acceptors (Lipinski definition) is 2. The summed E-state index contributed by atoms with van der Waals surface area (Å²) in [5.74, 6) is 0.881. The van der Waals surface area contributed by atoms with Crippen LogP contribution in [0, 0.1) is 5.92 Å². The number of nitrogens with two attached hydrogens (primary N) is 1. The lowest BCUT2D eigenvalue weighted by molar-refractivity contribution is -0.131. The van der Waals surface area contributed by atoms with Gasteiger partial charge in [0.2, 0.25) is 5.91 Å². The van der Waals surface area contributed by atoms with E-state index in [-0.39, 0.29) is 11.9 Å². The van der Waals surface area contributed by atoms with Crippen LogP contribution in [-0.2, 0) is 17.6 Å². The maximum absolute atomic E-state index is 12.3. The van der Waals surface area contributed by atoms with E-state index in [9.17, 15) is 4.79 Å². The Kier molecular flexibility index (Phi) is 5.18. The molecule has 1 amide bonds. The van der Waals surface area contributed by atoms with Gasteiger partial charge in [0.1, 0.15) is 0 Å². The number of benzene rings is 1. The predicted molar refractivity (Wildman–Crippen MR) is 82.5 cm³/mol. The fraction of sp³-hybridized carbons (Fsp3) is 0.588. The molecule has 2 N–H and O–H groups in total. The van der Waals surface area contributed by atoms with Gasteiger partial charge < -0.3 is 10.6 Å². The molecule has 0 saturated carbocycles. The number of likely N-dealkylation sites (tertiary alicyclic amines) is 1. The third-order valence-electron chi connectivity index (χ3n) is 3.99. The van der Waals surface area contributed by atoms with Gasteiger partial charge in [0.05, 0.1) is 6.42 Å². The maximum Gasteiger partial charge on any atom is 0.227 e. The van der Waals surface area contributed by atoms with Crippen LogP contribution in [0.4, 0.5) is 0 Å². The summed E-state index contributed by atoms with van der Waals surface area (Å²) in [7, 11) is 0. The molecule has 0 bridgehead atoms. The molecule has 1 aliphatic heterocycles. The molecular weight excluding hydrogens is 248 g/mol. The van der Waals surface area contributed by atoms with Gasteiger partial charge in [-0.1, -0.05) is 38.1 Å².